The Morgan fingerprint density at radius 2 is 2.07 bits per heavy atom. The van der Waals surface area contributed by atoms with Crippen molar-refractivity contribution in [1.82, 2.24) is 0 Å². The second kappa shape index (κ2) is 4.89. The summed E-state index contributed by atoms with van der Waals surface area (Å²) in [6.07, 6.45) is -2.64. The van der Waals surface area contributed by atoms with E-state index in [-0.39, 0.29) is 15.2 Å². The molecule has 0 heterocycles. The fourth-order valence-corrected chi connectivity index (χ4v) is 1.70. The second-order valence-corrected chi connectivity index (χ2v) is 3.69. The summed E-state index contributed by atoms with van der Waals surface area (Å²) in [6.45, 7) is -0.850. The molecule has 0 radical (unpaired) electrons. The van der Waals surface area contributed by atoms with E-state index >= 15 is 0 Å². The van der Waals surface area contributed by atoms with Gasteiger partial charge in [-0.05, 0) is 28.1 Å². The molecule has 0 fully saturated rings. The average molecular weight is 289 g/mol. The molecule has 1 aromatic carbocycles. The Morgan fingerprint density at radius 1 is 1.43 bits per heavy atom. The van der Waals surface area contributed by atoms with E-state index < -0.39 is 18.8 Å². The van der Waals surface area contributed by atoms with Crippen LogP contribution in [-0.2, 0) is 0 Å². The Labute approximate surface area is 91.9 Å². The minimum atomic E-state index is -2.64. The third-order valence-corrected chi connectivity index (χ3v) is 2.12. The van der Waals surface area contributed by atoms with Gasteiger partial charge >= 0.3 is 0 Å². The summed E-state index contributed by atoms with van der Waals surface area (Å²) in [7, 11) is 0. The lowest BCUT2D eigenvalue weighted by atomic mass is 10.3. The number of benzene rings is 1. The molecule has 78 valence electrons. The van der Waals surface area contributed by atoms with Crippen molar-refractivity contribution in [3.63, 3.8) is 0 Å². The maximum atomic E-state index is 13.1. The number of hydrogen-bond acceptors (Lipinski definition) is 1. The Hall–Kier alpha value is -0.420. The summed E-state index contributed by atoms with van der Waals surface area (Å²) < 4.78 is 41.4. The van der Waals surface area contributed by atoms with E-state index in [1.165, 1.54) is 6.07 Å². The van der Waals surface area contributed by atoms with Gasteiger partial charge in [0.15, 0.2) is 11.6 Å². The highest BCUT2D eigenvalue weighted by Crippen LogP contribution is 2.31. The van der Waals surface area contributed by atoms with Crippen LogP contribution >= 0.6 is 27.5 Å². The van der Waals surface area contributed by atoms with Crippen LogP contribution in [0.25, 0.3) is 0 Å². The molecular weight excluding hydrogens is 284 g/mol. The van der Waals surface area contributed by atoms with Crippen molar-refractivity contribution in [2.75, 3.05) is 6.61 Å². The van der Waals surface area contributed by atoms with Crippen LogP contribution in [0, 0.1) is 5.82 Å². The van der Waals surface area contributed by atoms with Crippen LogP contribution in [-0.4, -0.2) is 13.0 Å². The zero-order valence-corrected chi connectivity index (χ0v) is 9.08. The van der Waals surface area contributed by atoms with Gasteiger partial charge in [0.2, 0.25) is 0 Å². The van der Waals surface area contributed by atoms with Gasteiger partial charge < -0.3 is 4.74 Å². The molecule has 0 N–H and O–H groups in total. The van der Waals surface area contributed by atoms with Crippen LogP contribution < -0.4 is 4.74 Å². The van der Waals surface area contributed by atoms with Gasteiger partial charge in [-0.1, -0.05) is 11.6 Å². The predicted molar refractivity (Wildman–Crippen MR) is 50.6 cm³/mol. The molecule has 0 aliphatic rings. The molecule has 0 aromatic heterocycles. The van der Waals surface area contributed by atoms with Crippen molar-refractivity contribution < 1.29 is 17.9 Å². The summed E-state index contributed by atoms with van der Waals surface area (Å²) in [6, 6.07) is 2.36. The quantitative estimate of drug-likeness (QED) is 0.820. The fraction of sp³-hybridized carbons (Fsp3) is 0.250. The molecule has 0 atom stereocenters. The smallest absolute Gasteiger partial charge is 0.272 e. The van der Waals surface area contributed by atoms with Gasteiger partial charge in [-0.3, -0.25) is 0 Å². The monoisotopic (exact) mass is 288 g/mol. The zero-order valence-electron chi connectivity index (χ0n) is 6.74. The molecule has 0 saturated heterocycles. The highest BCUT2D eigenvalue weighted by Gasteiger charge is 2.12. The van der Waals surface area contributed by atoms with Crippen LogP contribution in [0.5, 0.6) is 5.75 Å². The number of rotatable bonds is 3. The number of halogens is 5. The molecule has 1 nitrogen and oxygen atoms in total. The van der Waals surface area contributed by atoms with E-state index in [0.717, 1.165) is 6.07 Å². The van der Waals surface area contributed by atoms with Gasteiger partial charge in [0.1, 0.15) is 6.61 Å². The molecule has 0 bridgehead atoms. The first-order valence-electron chi connectivity index (χ1n) is 3.56. The van der Waals surface area contributed by atoms with Gasteiger partial charge in [0.25, 0.3) is 6.43 Å². The minimum Gasteiger partial charge on any atom is -0.483 e. The molecule has 0 saturated carbocycles. The molecule has 1 aromatic rings. The molecule has 0 aliphatic heterocycles. The van der Waals surface area contributed by atoms with Crippen molar-refractivity contribution in [1.29, 1.82) is 0 Å². The van der Waals surface area contributed by atoms with Gasteiger partial charge in [-0.2, -0.15) is 0 Å². The van der Waals surface area contributed by atoms with E-state index in [9.17, 15) is 13.2 Å². The molecule has 6 heteroatoms. The Morgan fingerprint density at radius 3 is 2.57 bits per heavy atom. The van der Waals surface area contributed by atoms with Gasteiger partial charge in [0, 0.05) is 5.02 Å². The maximum absolute atomic E-state index is 13.1. The standard InChI is InChI=1S/C8H5BrClF3O/c9-5-1-4(10)2-6(11)8(5)14-3-7(12)13/h1-2,7H,3H2. The first kappa shape index (κ1) is 11.7. The van der Waals surface area contributed by atoms with E-state index in [0.29, 0.717) is 0 Å². The van der Waals surface area contributed by atoms with Crippen LogP contribution in [0.4, 0.5) is 13.2 Å². The largest absolute Gasteiger partial charge is 0.483 e. The summed E-state index contributed by atoms with van der Waals surface area (Å²) >= 11 is 8.46. The lowest BCUT2D eigenvalue weighted by molar-refractivity contribution is 0.0795. The first-order valence-corrected chi connectivity index (χ1v) is 4.73. The summed E-state index contributed by atoms with van der Waals surface area (Å²) in [5, 5.41) is 0.166. The van der Waals surface area contributed by atoms with Crippen LogP contribution in [0.1, 0.15) is 0 Å². The topological polar surface area (TPSA) is 9.23 Å². The Balaban J connectivity index is 2.86. The molecule has 0 aliphatic carbocycles. The average Bonchev–Trinajstić information content (AvgIpc) is 2.01. The lowest BCUT2D eigenvalue weighted by Gasteiger charge is -2.08. The number of alkyl halides is 2. The van der Waals surface area contributed by atoms with Crippen molar-refractivity contribution in [3.8, 4) is 5.75 Å². The summed E-state index contributed by atoms with van der Waals surface area (Å²) in [4.78, 5) is 0. The van der Waals surface area contributed by atoms with Crippen molar-refractivity contribution in [3.05, 3.63) is 27.4 Å². The molecule has 0 unspecified atom stereocenters. The molecular formula is C8H5BrClF3O. The lowest BCUT2D eigenvalue weighted by Crippen LogP contribution is -2.08. The van der Waals surface area contributed by atoms with Crippen LogP contribution in [0.2, 0.25) is 5.02 Å². The number of hydrogen-bond donors (Lipinski definition) is 0. The van der Waals surface area contributed by atoms with Crippen LogP contribution in [0.3, 0.4) is 0 Å². The minimum absolute atomic E-state index is 0.166. The van der Waals surface area contributed by atoms with Crippen molar-refractivity contribution in [2.24, 2.45) is 0 Å². The molecule has 0 amide bonds. The Kier molecular flexibility index (Phi) is 4.07. The van der Waals surface area contributed by atoms with Crippen LogP contribution in [0.15, 0.2) is 16.6 Å². The number of ether oxygens (including phenoxy) is 1. The molecule has 1 rings (SSSR count). The maximum Gasteiger partial charge on any atom is 0.272 e. The predicted octanol–water partition coefficient (Wildman–Crippen LogP) is 3.89. The van der Waals surface area contributed by atoms with E-state index in [2.05, 4.69) is 20.7 Å². The second-order valence-electron chi connectivity index (χ2n) is 2.40. The molecule has 0 spiro atoms. The van der Waals surface area contributed by atoms with E-state index in [4.69, 9.17) is 11.6 Å². The third kappa shape index (κ3) is 3.06. The van der Waals surface area contributed by atoms with Gasteiger partial charge in [0.05, 0.1) is 4.47 Å². The fourth-order valence-electron chi connectivity index (χ4n) is 0.813. The summed E-state index contributed by atoms with van der Waals surface area (Å²) in [5.41, 5.74) is 0. The van der Waals surface area contributed by atoms with Gasteiger partial charge in [-0.15, -0.1) is 0 Å². The summed E-state index contributed by atoms with van der Waals surface area (Å²) in [5.74, 6) is -1.03. The van der Waals surface area contributed by atoms with Crippen molar-refractivity contribution in [2.45, 2.75) is 6.43 Å². The Bertz CT molecular complexity index is 309. The normalized spacial score (nSPS) is 10.7. The van der Waals surface area contributed by atoms with Gasteiger partial charge in [-0.25, -0.2) is 13.2 Å². The highest BCUT2D eigenvalue weighted by molar-refractivity contribution is 9.10. The molecule has 14 heavy (non-hydrogen) atoms. The van der Waals surface area contributed by atoms with E-state index in [1.54, 1.807) is 0 Å². The zero-order chi connectivity index (χ0) is 10.7. The van der Waals surface area contributed by atoms with Crippen molar-refractivity contribution >= 4 is 27.5 Å². The van der Waals surface area contributed by atoms with E-state index in [1.807, 2.05) is 0 Å². The first-order chi connectivity index (χ1) is 6.50. The SMILES string of the molecule is Fc1cc(Cl)cc(Br)c1OCC(F)F. The third-order valence-electron chi connectivity index (χ3n) is 1.32. The highest BCUT2D eigenvalue weighted by atomic mass is 79.9.